The highest BCUT2D eigenvalue weighted by molar-refractivity contribution is 14.1. The van der Waals surface area contributed by atoms with Crippen molar-refractivity contribution in [3.8, 4) is 0 Å². The fourth-order valence-electron chi connectivity index (χ4n) is 2.03. The molecule has 0 aliphatic rings. The van der Waals surface area contributed by atoms with E-state index >= 15 is 0 Å². The van der Waals surface area contributed by atoms with E-state index in [1.807, 2.05) is 11.3 Å². The summed E-state index contributed by atoms with van der Waals surface area (Å²) in [5.41, 5.74) is 2.66. The Balaban J connectivity index is 2.51. The Morgan fingerprint density at radius 3 is 2.24 bits per heavy atom. The van der Waals surface area contributed by atoms with Crippen LogP contribution < -0.4 is 0 Å². The summed E-state index contributed by atoms with van der Waals surface area (Å²) in [4.78, 5) is 0. The van der Waals surface area contributed by atoms with E-state index < -0.39 is 0 Å². The molecule has 0 aliphatic carbocycles. The molecule has 0 nitrogen and oxygen atoms in total. The van der Waals surface area contributed by atoms with E-state index in [0.29, 0.717) is 0 Å². The molecule has 3 rings (SSSR count). The van der Waals surface area contributed by atoms with Crippen molar-refractivity contribution in [2.24, 2.45) is 0 Å². The van der Waals surface area contributed by atoms with Crippen molar-refractivity contribution >= 4 is 70.0 Å². The van der Waals surface area contributed by atoms with E-state index in [1.165, 1.54) is 39.3 Å². The van der Waals surface area contributed by atoms with Crippen LogP contribution in [0.5, 0.6) is 0 Å². The molecule has 3 heteroatoms. The minimum absolute atomic E-state index is 1.20. The molecule has 0 saturated carbocycles. The number of fused-ring (bicyclic) bond motifs is 3. The summed E-state index contributed by atoms with van der Waals surface area (Å²) < 4.78 is 5.28. The van der Waals surface area contributed by atoms with E-state index in [-0.39, 0.29) is 0 Å². The van der Waals surface area contributed by atoms with Crippen molar-refractivity contribution in [1.29, 1.82) is 0 Å². The first-order chi connectivity index (χ1) is 8.06. The maximum atomic E-state index is 3.61. The van der Waals surface area contributed by atoms with Crippen molar-refractivity contribution in [3.63, 3.8) is 0 Å². The summed E-state index contributed by atoms with van der Waals surface area (Å²) in [6.45, 7) is 4.32. The Hall–Kier alpha value is -0.130. The van der Waals surface area contributed by atoms with Crippen molar-refractivity contribution in [1.82, 2.24) is 0 Å². The van der Waals surface area contributed by atoms with Gasteiger partial charge in [0.05, 0.1) is 0 Å². The van der Waals surface area contributed by atoms with E-state index in [9.17, 15) is 0 Å². The van der Waals surface area contributed by atoms with Crippen LogP contribution in [0.1, 0.15) is 11.1 Å². The fourth-order valence-corrected chi connectivity index (χ4v) is 4.36. The van der Waals surface area contributed by atoms with Crippen LogP contribution in [-0.4, -0.2) is 0 Å². The number of hydrogen-bond acceptors (Lipinski definition) is 1. The van der Waals surface area contributed by atoms with Gasteiger partial charge in [-0.1, -0.05) is 15.9 Å². The Kier molecular flexibility index (Phi) is 2.96. The molecule has 0 saturated heterocycles. The lowest BCUT2D eigenvalue weighted by molar-refractivity contribution is 1.46. The second-order valence-corrected chi connectivity index (χ2v) is 7.40. The van der Waals surface area contributed by atoms with Crippen molar-refractivity contribution in [2.45, 2.75) is 13.8 Å². The number of thiophene rings is 1. The van der Waals surface area contributed by atoms with Crippen LogP contribution in [0.3, 0.4) is 0 Å². The minimum atomic E-state index is 1.20. The highest BCUT2D eigenvalue weighted by Gasteiger charge is 2.08. The van der Waals surface area contributed by atoms with Crippen LogP contribution >= 0.6 is 49.9 Å². The predicted octanol–water partition coefficient (Wildman–Crippen LogP) is 6.04. The molecule has 2 aromatic carbocycles. The zero-order valence-corrected chi connectivity index (χ0v) is 14.0. The monoisotopic (exact) mass is 416 g/mol. The van der Waals surface area contributed by atoms with Crippen molar-refractivity contribution in [2.75, 3.05) is 0 Å². The summed E-state index contributed by atoms with van der Waals surface area (Å²) >= 11 is 7.89. The molecule has 0 unspecified atom stereocenters. The molecule has 0 aliphatic heterocycles. The van der Waals surface area contributed by atoms with Gasteiger partial charge in [-0.05, 0) is 71.8 Å². The first-order valence-electron chi connectivity index (χ1n) is 5.35. The minimum Gasteiger partial charge on any atom is -0.135 e. The molecular weight excluding hydrogens is 407 g/mol. The lowest BCUT2D eigenvalue weighted by Gasteiger charge is -2.00. The molecule has 17 heavy (non-hydrogen) atoms. The molecular formula is C14H10BrIS. The predicted molar refractivity (Wildman–Crippen MR) is 89.2 cm³/mol. The Morgan fingerprint density at radius 2 is 1.53 bits per heavy atom. The second kappa shape index (κ2) is 4.21. The SMILES string of the molecule is Cc1cc2c(cc1Br)sc1cc(I)c(C)cc12. The van der Waals surface area contributed by atoms with Gasteiger partial charge in [-0.2, -0.15) is 0 Å². The van der Waals surface area contributed by atoms with Crippen LogP contribution in [0, 0.1) is 17.4 Å². The standard InChI is InChI=1S/C14H10BrIS/c1-7-3-9-10-4-8(2)12(16)6-14(10)17-13(9)5-11(7)15/h3-6H,1-2H3. The molecule has 0 radical (unpaired) electrons. The molecule has 0 fully saturated rings. The van der Waals surface area contributed by atoms with Crippen molar-refractivity contribution in [3.05, 3.63) is 43.4 Å². The molecule has 0 bridgehead atoms. The fraction of sp³-hybridized carbons (Fsp3) is 0.143. The molecule has 3 aromatic rings. The number of hydrogen-bond donors (Lipinski definition) is 0. The first kappa shape index (κ1) is 11.9. The van der Waals surface area contributed by atoms with E-state index in [1.54, 1.807) is 0 Å². The Bertz CT molecular complexity index is 681. The van der Waals surface area contributed by atoms with E-state index in [4.69, 9.17) is 0 Å². The molecule has 0 spiro atoms. The average molecular weight is 417 g/mol. The summed E-state index contributed by atoms with van der Waals surface area (Å²) in [6, 6.07) is 9.12. The normalized spacial score (nSPS) is 11.5. The molecule has 1 aromatic heterocycles. The summed E-state index contributed by atoms with van der Waals surface area (Å²) in [7, 11) is 0. The van der Waals surface area contributed by atoms with Gasteiger partial charge >= 0.3 is 0 Å². The topological polar surface area (TPSA) is 0 Å². The lowest BCUT2D eigenvalue weighted by Crippen LogP contribution is -1.79. The first-order valence-corrected chi connectivity index (χ1v) is 8.03. The number of halogens is 2. The Morgan fingerprint density at radius 1 is 0.941 bits per heavy atom. The number of aryl methyl sites for hydroxylation is 2. The zero-order chi connectivity index (χ0) is 12.2. The van der Waals surface area contributed by atoms with Gasteiger partial charge in [-0.3, -0.25) is 0 Å². The average Bonchev–Trinajstić information content (AvgIpc) is 2.58. The van der Waals surface area contributed by atoms with Gasteiger partial charge in [0.1, 0.15) is 0 Å². The summed E-state index contributed by atoms with van der Waals surface area (Å²) in [5, 5.41) is 2.77. The van der Waals surface area contributed by atoms with Crippen LogP contribution in [0.15, 0.2) is 28.7 Å². The van der Waals surface area contributed by atoms with Crippen molar-refractivity contribution < 1.29 is 0 Å². The van der Waals surface area contributed by atoms with Crippen LogP contribution in [0.4, 0.5) is 0 Å². The molecule has 1 heterocycles. The van der Waals surface area contributed by atoms with Crippen LogP contribution in [0.25, 0.3) is 20.2 Å². The molecule has 0 amide bonds. The van der Waals surface area contributed by atoms with Gasteiger partial charge in [-0.15, -0.1) is 11.3 Å². The molecule has 0 atom stereocenters. The lowest BCUT2D eigenvalue weighted by atomic mass is 10.1. The number of benzene rings is 2. The van der Waals surface area contributed by atoms with Gasteiger partial charge in [0.2, 0.25) is 0 Å². The zero-order valence-electron chi connectivity index (χ0n) is 9.47. The highest BCUT2D eigenvalue weighted by Crippen LogP contribution is 2.38. The van der Waals surface area contributed by atoms with Crippen LogP contribution in [0.2, 0.25) is 0 Å². The van der Waals surface area contributed by atoms with Gasteiger partial charge in [0.15, 0.2) is 0 Å². The van der Waals surface area contributed by atoms with Gasteiger partial charge < -0.3 is 0 Å². The van der Waals surface area contributed by atoms with Gasteiger partial charge in [0.25, 0.3) is 0 Å². The van der Waals surface area contributed by atoms with E-state index in [2.05, 4.69) is 76.6 Å². The third-order valence-electron chi connectivity index (χ3n) is 3.03. The number of rotatable bonds is 0. The Labute approximate surface area is 126 Å². The summed E-state index contributed by atoms with van der Waals surface area (Å²) in [6.07, 6.45) is 0. The molecule has 0 N–H and O–H groups in total. The maximum absolute atomic E-state index is 3.61. The largest absolute Gasteiger partial charge is 0.135 e. The van der Waals surface area contributed by atoms with E-state index in [0.717, 1.165) is 0 Å². The quantitative estimate of drug-likeness (QED) is 0.392. The smallest absolute Gasteiger partial charge is 0.0366 e. The summed E-state index contributed by atoms with van der Waals surface area (Å²) in [5.74, 6) is 0. The van der Waals surface area contributed by atoms with Gasteiger partial charge in [-0.25, -0.2) is 0 Å². The maximum Gasteiger partial charge on any atom is 0.0366 e. The van der Waals surface area contributed by atoms with Gasteiger partial charge in [0, 0.05) is 28.2 Å². The van der Waals surface area contributed by atoms with Crippen LogP contribution in [-0.2, 0) is 0 Å². The third-order valence-corrected chi connectivity index (χ3v) is 6.16. The second-order valence-electron chi connectivity index (χ2n) is 4.30. The highest BCUT2D eigenvalue weighted by atomic mass is 127. The third kappa shape index (κ3) is 1.92. The molecule has 86 valence electrons.